The lowest BCUT2D eigenvalue weighted by atomic mass is 10.3. The summed E-state index contributed by atoms with van der Waals surface area (Å²) in [6.45, 7) is 3.22. The Morgan fingerprint density at radius 1 is 1.58 bits per heavy atom. The summed E-state index contributed by atoms with van der Waals surface area (Å²) in [5.74, 6) is 0. The van der Waals surface area contributed by atoms with E-state index >= 15 is 0 Å². The van der Waals surface area contributed by atoms with Crippen LogP contribution in [0.4, 0.5) is 5.69 Å². The maximum atomic E-state index is 6.05. The molecule has 0 saturated carbocycles. The van der Waals surface area contributed by atoms with E-state index in [4.69, 9.17) is 11.6 Å². The van der Waals surface area contributed by atoms with E-state index in [1.54, 1.807) is 0 Å². The third-order valence-electron chi connectivity index (χ3n) is 1.87. The Labute approximate surface area is 81.5 Å². The van der Waals surface area contributed by atoms with Crippen molar-refractivity contribution in [2.45, 2.75) is 17.1 Å². The van der Waals surface area contributed by atoms with Gasteiger partial charge in [0.15, 0.2) is 0 Å². The fourth-order valence-corrected chi connectivity index (χ4v) is 2.59. The van der Waals surface area contributed by atoms with Gasteiger partial charge in [0, 0.05) is 22.4 Å². The van der Waals surface area contributed by atoms with E-state index in [2.05, 4.69) is 18.3 Å². The van der Waals surface area contributed by atoms with Gasteiger partial charge in [-0.3, -0.25) is 0 Å². The Hall–Kier alpha value is -0.340. The normalized spacial score (nSPS) is 21.3. The summed E-state index contributed by atoms with van der Waals surface area (Å²) in [7, 11) is 0. The van der Waals surface area contributed by atoms with E-state index in [-0.39, 0.29) is 0 Å². The van der Waals surface area contributed by atoms with Gasteiger partial charge in [0.2, 0.25) is 0 Å². The minimum absolute atomic E-state index is 0.609. The molecule has 0 aliphatic carbocycles. The van der Waals surface area contributed by atoms with E-state index < -0.39 is 0 Å². The van der Waals surface area contributed by atoms with Crippen LogP contribution in [0.1, 0.15) is 6.92 Å². The molecular formula is C9H10ClNS. The Morgan fingerprint density at radius 2 is 2.42 bits per heavy atom. The van der Waals surface area contributed by atoms with Crippen LogP contribution in [-0.4, -0.2) is 11.8 Å². The van der Waals surface area contributed by atoms with Gasteiger partial charge in [0.25, 0.3) is 0 Å². The lowest BCUT2D eigenvalue weighted by Gasteiger charge is -2.23. The SMILES string of the molecule is CC1CNc2cccc(Cl)c2S1. The number of hydrogen-bond donors (Lipinski definition) is 1. The van der Waals surface area contributed by atoms with E-state index in [1.165, 1.54) is 10.6 Å². The first-order valence-corrected chi connectivity index (χ1v) is 5.22. The molecule has 1 unspecified atom stereocenters. The van der Waals surface area contributed by atoms with Crippen molar-refractivity contribution in [3.63, 3.8) is 0 Å². The van der Waals surface area contributed by atoms with Crippen LogP contribution in [0.5, 0.6) is 0 Å². The lowest BCUT2D eigenvalue weighted by molar-refractivity contribution is 0.975. The fraction of sp³-hybridized carbons (Fsp3) is 0.333. The minimum atomic E-state index is 0.609. The van der Waals surface area contributed by atoms with E-state index in [0.717, 1.165) is 11.6 Å². The Balaban J connectivity index is 2.43. The molecule has 3 heteroatoms. The molecule has 1 nitrogen and oxygen atoms in total. The van der Waals surface area contributed by atoms with Crippen molar-refractivity contribution in [1.29, 1.82) is 0 Å². The van der Waals surface area contributed by atoms with Crippen molar-refractivity contribution in [1.82, 2.24) is 0 Å². The molecule has 0 aromatic heterocycles. The fourth-order valence-electron chi connectivity index (χ4n) is 1.26. The second-order valence-electron chi connectivity index (χ2n) is 2.93. The monoisotopic (exact) mass is 199 g/mol. The molecule has 1 aliphatic rings. The molecule has 0 fully saturated rings. The number of halogens is 1. The highest BCUT2D eigenvalue weighted by molar-refractivity contribution is 8.00. The molecule has 12 heavy (non-hydrogen) atoms. The van der Waals surface area contributed by atoms with Crippen LogP contribution >= 0.6 is 23.4 Å². The molecule has 1 atom stereocenters. The van der Waals surface area contributed by atoms with Crippen LogP contribution < -0.4 is 5.32 Å². The Bertz CT molecular complexity index is 301. The zero-order chi connectivity index (χ0) is 8.55. The van der Waals surface area contributed by atoms with Gasteiger partial charge in [-0.25, -0.2) is 0 Å². The molecule has 0 spiro atoms. The van der Waals surface area contributed by atoms with Crippen LogP contribution in [0.2, 0.25) is 5.02 Å². The molecule has 1 aromatic carbocycles. The highest BCUT2D eigenvalue weighted by Crippen LogP contribution is 2.39. The third-order valence-corrected chi connectivity index (χ3v) is 3.54. The zero-order valence-electron chi connectivity index (χ0n) is 6.80. The van der Waals surface area contributed by atoms with E-state index in [1.807, 2.05) is 23.9 Å². The molecule has 0 radical (unpaired) electrons. The third kappa shape index (κ3) is 1.41. The summed E-state index contributed by atoms with van der Waals surface area (Å²) < 4.78 is 0. The topological polar surface area (TPSA) is 12.0 Å². The predicted molar refractivity (Wildman–Crippen MR) is 55.3 cm³/mol. The summed E-state index contributed by atoms with van der Waals surface area (Å²) in [6.07, 6.45) is 0. The number of rotatable bonds is 0. The van der Waals surface area contributed by atoms with Gasteiger partial charge in [0.05, 0.1) is 5.02 Å². The molecule has 1 N–H and O–H groups in total. The number of fused-ring (bicyclic) bond motifs is 1. The maximum Gasteiger partial charge on any atom is 0.0562 e. The van der Waals surface area contributed by atoms with Crippen molar-refractivity contribution >= 4 is 29.1 Å². The van der Waals surface area contributed by atoms with Crippen LogP contribution in [0.25, 0.3) is 0 Å². The van der Waals surface area contributed by atoms with Crippen LogP contribution in [0, 0.1) is 0 Å². The summed E-state index contributed by atoms with van der Waals surface area (Å²) >= 11 is 7.89. The molecule has 1 heterocycles. The average molecular weight is 200 g/mol. The summed E-state index contributed by atoms with van der Waals surface area (Å²) in [6, 6.07) is 5.98. The minimum Gasteiger partial charge on any atom is -0.383 e. The van der Waals surface area contributed by atoms with Crippen molar-refractivity contribution in [2.24, 2.45) is 0 Å². The van der Waals surface area contributed by atoms with Crippen LogP contribution in [0.15, 0.2) is 23.1 Å². The quantitative estimate of drug-likeness (QED) is 0.689. The van der Waals surface area contributed by atoms with Gasteiger partial charge >= 0.3 is 0 Å². The summed E-state index contributed by atoms with van der Waals surface area (Å²) in [5, 5.41) is 4.81. The van der Waals surface area contributed by atoms with Crippen molar-refractivity contribution in [3.05, 3.63) is 23.2 Å². The van der Waals surface area contributed by atoms with Crippen LogP contribution in [-0.2, 0) is 0 Å². The maximum absolute atomic E-state index is 6.05. The number of thioether (sulfide) groups is 1. The zero-order valence-corrected chi connectivity index (χ0v) is 8.38. The molecule has 64 valence electrons. The van der Waals surface area contributed by atoms with Crippen LogP contribution in [0.3, 0.4) is 0 Å². The molecule has 2 rings (SSSR count). The first-order valence-electron chi connectivity index (χ1n) is 3.96. The van der Waals surface area contributed by atoms with Crippen molar-refractivity contribution in [2.75, 3.05) is 11.9 Å². The molecule has 1 aromatic rings. The second kappa shape index (κ2) is 3.19. The standard InChI is InChI=1S/C9H10ClNS/c1-6-5-11-8-4-2-3-7(10)9(8)12-6/h2-4,6,11H,5H2,1H3. The summed E-state index contributed by atoms with van der Waals surface area (Å²) in [4.78, 5) is 1.19. The second-order valence-corrected chi connectivity index (χ2v) is 4.78. The van der Waals surface area contributed by atoms with Gasteiger partial charge in [0.1, 0.15) is 0 Å². The van der Waals surface area contributed by atoms with E-state index in [0.29, 0.717) is 5.25 Å². The van der Waals surface area contributed by atoms with Crippen molar-refractivity contribution < 1.29 is 0 Å². The first-order chi connectivity index (χ1) is 5.77. The van der Waals surface area contributed by atoms with Gasteiger partial charge in [-0.05, 0) is 12.1 Å². The van der Waals surface area contributed by atoms with Gasteiger partial charge in [-0.1, -0.05) is 24.6 Å². The average Bonchev–Trinajstić information content (AvgIpc) is 2.07. The number of hydrogen-bond acceptors (Lipinski definition) is 2. The molecular weight excluding hydrogens is 190 g/mol. The Morgan fingerprint density at radius 3 is 3.25 bits per heavy atom. The smallest absolute Gasteiger partial charge is 0.0562 e. The van der Waals surface area contributed by atoms with E-state index in [9.17, 15) is 0 Å². The van der Waals surface area contributed by atoms with Crippen molar-refractivity contribution in [3.8, 4) is 0 Å². The molecule has 0 saturated heterocycles. The van der Waals surface area contributed by atoms with Gasteiger partial charge in [-0.15, -0.1) is 11.8 Å². The highest BCUT2D eigenvalue weighted by atomic mass is 35.5. The lowest BCUT2D eigenvalue weighted by Crippen LogP contribution is -2.18. The molecule has 0 bridgehead atoms. The Kier molecular flexibility index (Phi) is 2.20. The molecule has 0 amide bonds. The van der Waals surface area contributed by atoms with Gasteiger partial charge < -0.3 is 5.32 Å². The largest absolute Gasteiger partial charge is 0.383 e. The van der Waals surface area contributed by atoms with Gasteiger partial charge in [-0.2, -0.15) is 0 Å². The number of anilines is 1. The first kappa shape index (κ1) is 8.27. The summed E-state index contributed by atoms with van der Waals surface area (Å²) in [5.41, 5.74) is 1.17. The predicted octanol–water partition coefficient (Wildman–Crippen LogP) is 3.25. The number of benzene rings is 1. The number of nitrogens with one attached hydrogen (secondary N) is 1. The molecule has 1 aliphatic heterocycles. The highest BCUT2D eigenvalue weighted by Gasteiger charge is 2.16.